The van der Waals surface area contributed by atoms with Crippen molar-refractivity contribution in [2.24, 2.45) is 0 Å². The maximum atomic E-state index is 11.4. The van der Waals surface area contributed by atoms with Crippen molar-refractivity contribution in [3.05, 3.63) is 12.2 Å². The summed E-state index contributed by atoms with van der Waals surface area (Å²) < 4.78 is 9.84. The van der Waals surface area contributed by atoms with E-state index in [4.69, 9.17) is 9.47 Å². The van der Waals surface area contributed by atoms with E-state index < -0.39 is 11.7 Å². The van der Waals surface area contributed by atoms with E-state index in [1.54, 1.807) is 33.8 Å². The second-order valence-electron chi connectivity index (χ2n) is 4.94. The van der Waals surface area contributed by atoms with Gasteiger partial charge in [-0.05, 0) is 41.0 Å². The highest BCUT2D eigenvalue weighted by molar-refractivity contribution is 5.81. The summed E-state index contributed by atoms with van der Waals surface area (Å²) in [6, 6.07) is -0.106. The van der Waals surface area contributed by atoms with Gasteiger partial charge < -0.3 is 14.8 Å². The molecule has 0 radical (unpaired) electrons. The first-order valence-corrected chi connectivity index (χ1v) is 6.07. The molecule has 0 aromatic rings. The molecule has 0 saturated heterocycles. The summed E-state index contributed by atoms with van der Waals surface area (Å²) in [5, 5.41) is 2.68. The Hall–Kier alpha value is -1.52. The summed E-state index contributed by atoms with van der Waals surface area (Å²) in [6.07, 6.45) is 3.11. The van der Waals surface area contributed by atoms with E-state index in [0.717, 1.165) is 0 Å². The van der Waals surface area contributed by atoms with Crippen molar-refractivity contribution < 1.29 is 19.1 Å². The summed E-state index contributed by atoms with van der Waals surface area (Å²) in [5.74, 6) is -0.373. The van der Waals surface area contributed by atoms with Crippen molar-refractivity contribution in [2.45, 2.75) is 52.7 Å². The fourth-order valence-corrected chi connectivity index (χ4v) is 1.13. The van der Waals surface area contributed by atoms with Gasteiger partial charge in [-0.15, -0.1) is 0 Å². The fraction of sp³-hybridized carbons (Fsp3) is 0.692. The van der Waals surface area contributed by atoms with Crippen LogP contribution in [0.3, 0.4) is 0 Å². The molecule has 0 bridgehead atoms. The largest absolute Gasteiger partial charge is 0.463 e. The van der Waals surface area contributed by atoms with Crippen molar-refractivity contribution in [2.75, 3.05) is 6.61 Å². The zero-order chi connectivity index (χ0) is 14.2. The number of rotatable bonds is 5. The lowest BCUT2D eigenvalue weighted by Gasteiger charge is -2.21. The molecule has 104 valence electrons. The third-order valence-electron chi connectivity index (χ3n) is 1.79. The quantitative estimate of drug-likeness (QED) is 0.606. The fourth-order valence-electron chi connectivity index (χ4n) is 1.13. The number of amides is 1. The summed E-state index contributed by atoms with van der Waals surface area (Å²) in [7, 11) is 0. The molecule has 1 atom stereocenters. The molecule has 0 aliphatic carbocycles. The lowest BCUT2D eigenvalue weighted by atomic mass is 10.2. The van der Waals surface area contributed by atoms with Crippen LogP contribution in [-0.2, 0) is 14.3 Å². The Morgan fingerprint density at radius 3 is 2.44 bits per heavy atom. The summed E-state index contributed by atoms with van der Waals surface area (Å²) in [5.41, 5.74) is -0.509. The van der Waals surface area contributed by atoms with Crippen molar-refractivity contribution in [3.63, 3.8) is 0 Å². The van der Waals surface area contributed by atoms with Crippen LogP contribution in [0.25, 0.3) is 0 Å². The second kappa shape index (κ2) is 7.74. The van der Waals surface area contributed by atoms with Crippen molar-refractivity contribution in [1.29, 1.82) is 0 Å². The average Bonchev–Trinajstić information content (AvgIpc) is 2.14. The summed E-state index contributed by atoms with van der Waals surface area (Å²) in [4.78, 5) is 22.4. The first-order chi connectivity index (χ1) is 8.24. The highest BCUT2D eigenvalue weighted by Crippen LogP contribution is 2.07. The molecule has 0 fully saturated rings. The number of esters is 1. The number of hydrogen-bond acceptors (Lipinski definition) is 4. The van der Waals surface area contributed by atoms with E-state index in [1.165, 1.54) is 6.08 Å². The monoisotopic (exact) mass is 257 g/mol. The number of hydrogen-bond donors (Lipinski definition) is 1. The Bertz CT molecular complexity index is 305. The standard InChI is InChI=1S/C13H23NO4/c1-6-17-11(15)9-7-8-10(2)14-12(16)18-13(3,4)5/h7,9-10H,6,8H2,1-5H3,(H,14,16). The molecule has 1 N–H and O–H groups in total. The maximum Gasteiger partial charge on any atom is 0.407 e. The Labute approximate surface area is 109 Å². The van der Waals surface area contributed by atoms with Crippen molar-refractivity contribution in [3.8, 4) is 0 Å². The molecule has 0 aromatic heterocycles. The molecule has 0 aromatic carbocycles. The maximum absolute atomic E-state index is 11.4. The lowest BCUT2D eigenvalue weighted by Crippen LogP contribution is -2.37. The number of ether oxygens (including phenoxy) is 2. The zero-order valence-electron chi connectivity index (χ0n) is 11.8. The highest BCUT2D eigenvalue weighted by Gasteiger charge is 2.17. The molecule has 5 heteroatoms. The average molecular weight is 257 g/mol. The molecule has 0 aliphatic heterocycles. The number of nitrogens with one attached hydrogen (secondary N) is 1. The lowest BCUT2D eigenvalue weighted by molar-refractivity contribution is -0.137. The summed E-state index contributed by atoms with van der Waals surface area (Å²) >= 11 is 0. The van der Waals surface area contributed by atoms with Crippen LogP contribution in [0.1, 0.15) is 41.0 Å². The van der Waals surface area contributed by atoms with E-state index in [9.17, 15) is 9.59 Å². The van der Waals surface area contributed by atoms with Gasteiger partial charge in [0, 0.05) is 12.1 Å². The van der Waals surface area contributed by atoms with Gasteiger partial charge in [0.1, 0.15) is 5.60 Å². The van der Waals surface area contributed by atoms with Crippen molar-refractivity contribution in [1.82, 2.24) is 5.32 Å². The normalized spacial score (nSPS) is 13.2. The molecule has 0 spiro atoms. The van der Waals surface area contributed by atoms with Crippen LogP contribution in [0, 0.1) is 0 Å². The highest BCUT2D eigenvalue weighted by atomic mass is 16.6. The van der Waals surface area contributed by atoms with Gasteiger partial charge in [-0.25, -0.2) is 9.59 Å². The van der Waals surface area contributed by atoms with Gasteiger partial charge in [-0.3, -0.25) is 0 Å². The Morgan fingerprint density at radius 1 is 1.33 bits per heavy atom. The van der Waals surface area contributed by atoms with Gasteiger partial charge in [0.25, 0.3) is 0 Å². The minimum absolute atomic E-state index is 0.106. The molecular formula is C13H23NO4. The van der Waals surface area contributed by atoms with Crippen LogP contribution in [0.2, 0.25) is 0 Å². The molecule has 0 heterocycles. The van der Waals surface area contributed by atoms with E-state index in [-0.39, 0.29) is 12.0 Å². The topological polar surface area (TPSA) is 64.6 Å². The molecule has 0 saturated carbocycles. The van der Waals surface area contributed by atoms with E-state index >= 15 is 0 Å². The molecule has 5 nitrogen and oxygen atoms in total. The Balaban J connectivity index is 3.94. The van der Waals surface area contributed by atoms with Crippen LogP contribution in [0.5, 0.6) is 0 Å². The van der Waals surface area contributed by atoms with Crippen LogP contribution >= 0.6 is 0 Å². The van der Waals surface area contributed by atoms with E-state index in [2.05, 4.69) is 5.32 Å². The molecule has 0 aliphatic rings. The number of carbonyl (C=O) groups excluding carboxylic acids is 2. The molecule has 1 unspecified atom stereocenters. The minimum Gasteiger partial charge on any atom is -0.463 e. The minimum atomic E-state index is -0.509. The number of alkyl carbamates (subject to hydrolysis) is 1. The Kier molecular flexibility index (Phi) is 7.08. The van der Waals surface area contributed by atoms with E-state index in [1.807, 2.05) is 6.92 Å². The van der Waals surface area contributed by atoms with Gasteiger partial charge in [0.2, 0.25) is 0 Å². The van der Waals surface area contributed by atoms with Gasteiger partial charge in [-0.2, -0.15) is 0 Å². The zero-order valence-corrected chi connectivity index (χ0v) is 11.8. The molecular weight excluding hydrogens is 234 g/mol. The van der Waals surface area contributed by atoms with Gasteiger partial charge in [0.05, 0.1) is 6.61 Å². The van der Waals surface area contributed by atoms with Crippen LogP contribution in [0.15, 0.2) is 12.2 Å². The molecule has 18 heavy (non-hydrogen) atoms. The Morgan fingerprint density at radius 2 is 1.94 bits per heavy atom. The predicted molar refractivity (Wildman–Crippen MR) is 69.2 cm³/mol. The SMILES string of the molecule is CCOC(=O)C=CCC(C)NC(=O)OC(C)(C)C. The van der Waals surface area contributed by atoms with Crippen molar-refractivity contribution >= 4 is 12.1 Å². The van der Waals surface area contributed by atoms with Crippen LogP contribution in [-0.4, -0.2) is 30.3 Å². The predicted octanol–water partition coefficient (Wildman–Crippen LogP) is 2.41. The van der Waals surface area contributed by atoms with Gasteiger partial charge >= 0.3 is 12.1 Å². The second-order valence-corrected chi connectivity index (χ2v) is 4.94. The van der Waals surface area contributed by atoms with Gasteiger partial charge in [-0.1, -0.05) is 6.08 Å². The molecule has 0 rings (SSSR count). The molecule has 1 amide bonds. The van der Waals surface area contributed by atoms with Gasteiger partial charge in [0.15, 0.2) is 0 Å². The summed E-state index contributed by atoms with van der Waals surface area (Å²) in [6.45, 7) is 9.35. The van der Waals surface area contributed by atoms with Crippen LogP contribution < -0.4 is 5.32 Å². The first kappa shape index (κ1) is 16.5. The number of carbonyl (C=O) groups is 2. The van der Waals surface area contributed by atoms with Crippen LogP contribution in [0.4, 0.5) is 4.79 Å². The first-order valence-electron chi connectivity index (χ1n) is 6.07. The smallest absolute Gasteiger partial charge is 0.407 e. The third-order valence-corrected chi connectivity index (χ3v) is 1.79. The van der Waals surface area contributed by atoms with E-state index in [0.29, 0.717) is 13.0 Å². The third kappa shape index (κ3) is 9.69.